The normalized spacial score (nSPS) is 13.5. The van der Waals surface area contributed by atoms with E-state index >= 15 is 0 Å². The molecule has 0 aliphatic rings. The Kier molecular flexibility index (Phi) is 2.43. The van der Waals surface area contributed by atoms with E-state index < -0.39 is 0 Å². The second kappa shape index (κ2) is 3.14. The molecule has 1 unspecified atom stereocenters. The van der Waals surface area contributed by atoms with Gasteiger partial charge in [0.25, 0.3) is 0 Å². The fraction of sp³-hybridized carbons (Fsp3) is 0.429. The SMILES string of the molecule is Cc1ccsc1C(N)CO. The molecule has 3 heteroatoms. The summed E-state index contributed by atoms with van der Waals surface area (Å²) in [6.45, 7) is 2.03. The number of nitrogens with two attached hydrogens (primary N) is 1. The zero-order chi connectivity index (χ0) is 7.56. The summed E-state index contributed by atoms with van der Waals surface area (Å²) in [6.07, 6.45) is 0. The van der Waals surface area contributed by atoms with Crippen molar-refractivity contribution in [3.05, 3.63) is 21.9 Å². The van der Waals surface area contributed by atoms with Crippen LogP contribution in [-0.2, 0) is 0 Å². The standard InChI is InChI=1S/C7H11NOS/c1-5-2-3-10-7(5)6(8)4-9/h2-3,6,9H,4,8H2,1H3. The highest BCUT2D eigenvalue weighted by atomic mass is 32.1. The maximum absolute atomic E-state index is 8.71. The number of thiophene rings is 1. The molecular formula is C7H11NOS. The number of hydrogen-bond acceptors (Lipinski definition) is 3. The fourth-order valence-corrected chi connectivity index (χ4v) is 1.77. The maximum atomic E-state index is 8.71. The molecule has 3 N–H and O–H groups in total. The molecular weight excluding hydrogens is 146 g/mol. The smallest absolute Gasteiger partial charge is 0.0632 e. The van der Waals surface area contributed by atoms with Crippen molar-refractivity contribution in [3.8, 4) is 0 Å². The summed E-state index contributed by atoms with van der Waals surface area (Å²) in [4.78, 5) is 1.09. The molecule has 10 heavy (non-hydrogen) atoms. The van der Waals surface area contributed by atoms with Crippen molar-refractivity contribution in [1.82, 2.24) is 0 Å². The van der Waals surface area contributed by atoms with Gasteiger partial charge in [0, 0.05) is 4.88 Å². The Hall–Kier alpha value is -0.380. The fourth-order valence-electron chi connectivity index (χ4n) is 0.847. The molecule has 56 valence electrons. The van der Waals surface area contributed by atoms with Gasteiger partial charge in [-0.25, -0.2) is 0 Å². The highest BCUT2D eigenvalue weighted by Gasteiger charge is 2.07. The lowest BCUT2D eigenvalue weighted by Crippen LogP contribution is -2.13. The van der Waals surface area contributed by atoms with Gasteiger partial charge in [-0.15, -0.1) is 11.3 Å². The first-order valence-corrected chi connectivity index (χ1v) is 4.04. The van der Waals surface area contributed by atoms with E-state index in [1.54, 1.807) is 11.3 Å². The molecule has 2 nitrogen and oxygen atoms in total. The van der Waals surface area contributed by atoms with Crippen LogP contribution >= 0.6 is 11.3 Å². The molecule has 0 saturated carbocycles. The molecule has 0 fully saturated rings. The van der Waals surface area contributed by atoms with E-state index in [4.69, 9.17) is 10.8 Å². The third-order valence-electron chi connectivity index (χ3n) is 1.44. The van der Waals surface area contributed by atoms with Gasteiger partial charge in [0.05, 0.1) is 12.6 Å². The molecule has 1 rings (SSSR count). The minimum absolute atomic E-state index is 0.0291. The molecule has 1 atom stereocenters. The lowest BCUT2D eigenvalue weighted by Gasteiger charge is -2.05. The van der Waals surface area contributed by atoms with Crippen molar-refractivity contribution in [2.75, 3.05) is 6.61 Å². The average molecular weight is 157 g/mol. The Morgan fingerprint density at radius 3 is 2.90 bits per heavy atom. The highest BCUT2D eigenvalue weighted by molar-refractivity contribution is 7.10. The highest BCUT2D eigenvalue weighted by Crippen LogP contribution is 2.21. The molecule has 0 radical (unpaired) electrons. The van der Waals surface area contributed by atoms with Crippen LogP contribution in [0.3, 0.4) is 0 Å². The van der Waals surface area contributed by atoms with Crippen LogP contribution in [0.25, 0.3) is 0 Å². The monoisotopic (exact) mass is 157 g/mol. The molecule has 1 aromatic heterocycles. The van der Waals surface area contributed by atoms with E-state index in [1.807, 2.05) is 18.4 Å². The second-order valence-corrected chi connectivity index (χ2v) is 3.20. The van der Waals surface area contributed by atoms with Crippen LogP contribution in [0.15, 0.2) is 11.4 Å². The van der Waals surface area contributed by atoms with Crippen molar-refractivity contribution in [2.45, 2.75) is 13.0 Å². The molecule has 0 amide bonds. The first kappa shape index (κ1) is 7.72. The Balaban J connectivity index is 2.82. The van der Waals surface area contributed by atoms with Gasteiger partial charge in [-0.3, -0.25) is 0 Å². The Labute approximate surface area is 64.3 Å². The van der Waals surface area contributed by atoms with Crippen LogP contribution in [0.1, 0.15) is 16.5 Å². The van der Waals surface area contributed by atoms with Gasteiger partial charge >= 0.3 is 0 Å². The zero-order valence-corrected chi connectivity index (χ0v) is 6.69. The lowest BCUT2D eigenvalue weighted by molar-refractivity contribution is 0.269. The van der Waals surface area contributed by atoms with Crippen molar-refractivity contribution >= 4 is 11.3 Å². The molecule has 0 saturated heterocycles. The van der Waals surface area contributed by atoms with Crippen LogP contribution in [0, 0.1) is 6.92 Å². The molecule has 1 heterocycles. The van der Waals surface area contributed by atoms with Crippen molar-refractivity contribution in [2.24, 2.45) is 5.73 Å². The van der Waals surface area contributed by atoms with E-state index in [0.29, 0.717) is 0 Å². The van der Waals surface area contributed by atoms with Crippen LogP contribution in [0.2, 0.25) is 0 Å². The Bertz CT molecular complexity index is 209. The van der Waals surface area contributed by atoms with Gasteiger partial charge in [-0.1, -0.05) is 0 Å². The van der Waals surface area contributed by atoms with Crippen LogP contribution < -0.4 is 5.73 Å². The maximum Gasteiger partial charge on any atom is 0.0632 e. The van der Waals surface area contributed by atoms with Gasteiger partial charge in [0.2, 0.25) is 0 Å². The zero-order valence-electron chi connectivity index (χ0n) is 5.87. The minimum atomic E-state index is -0.194. The summed E-state index contributed by atoms with van der Waals surface area (Å²) in [6, 6.07) is 1.81. The van der Waals surface area contributed by atoms with Crippen LogP contribution in [-0.4, -0.2) is 11.7 Å². The summed E-state index contributed by atoms with van der Waals surface area (Å²) in [5.41, 5.74) is 6.77. The van der Waals surface area contributed by atoms with Crippen LogP contribution in [0.4, 0.5) is 0 Å². The molecule has 0 spiro atoms. The van der Waals surface area contributed by atoms with Crippen molar-refractivity contribution < 1.29 is 5.11 Å². The summed E-state index contributed by atoms with van der Waals surface area (Å²) < 4.78 is 0. The van der Waals surface area contributed by atoms with Gasteiger partial charge < -0.3 is 10.8 Å². The van der Waals surface area contributed by atoms with Crippen molar-refractivity contribution in [1.29, 1.82) is 0 Å². The van der Waals surface area contributed by atoms with Gasteiger partial charge in [-0.2, -0.15) is 0 Å². The van der Waals surface area contributed by atoms with Gasteiger partial charge in [0.15, 0.2) is 0 Å². The quantitative estimate of drug-likeness (QED) is 0.674. The number of aryl methyl sites for hydroxylation is 1. The number of hydrogen-bond donors (Lipinski definition) is 2. The third kappa shape index (κ3) is 1.37. The molecule has 0 aromatic carbocycles. The number of rotatable bonds is 2. The van der Waals surface area contributed by atoms with E-state index in [2.05, 4.69) is 0 Å². The second-order valence-electron chi connectivity index (χ2n) is 2.26. The predicted molar refractivity (Wildman–Crippen MR) is 43.1 cm³/mol. The first-order chi connectivity index (χ1) is 4.75. The first-order valence-electron chi connectivity index (χ1n) is 3.16. The topological polar surface area (TPSA) is 46.2 Å². The van der Waals surface area contributed by atoms with E-state index in [1.165, 1.54) is 5.56 Å². The summed E-state index contributed by atoms with van der Waals surface area (Å²) in [5.74, 6) is 0. The summed E-state index contributed by atoms with van der Waals surface area (Å²) >= 11 is 1.60. The van der Waals surface area contributed by atoms with Gasteiger partial charge in [0.1, 0.15) is 0 Å². The third-order valence-corrected chi connectivity index (χ3v) is 2.59. The minimum Gasteiger partial charge on any atom is -0.394 e. The summed E-state index contributed by atoms with van der Waals surface area (Å²) in [5, 5.41) is 10.7. The molecule has 0 aliphatic carbocycles. The average Bonchev–Trinajstić information content (AvgIpc) is 2.34. The van der Waals surface area contributed by atoms with E-state index in [0.717, 1.165) is 4.88 Å². The number of aliphatic hydroxyl groups is 1. The summed E-state index contributed by atoms with van der Waals surface area (Å²) in [7, 11) is 0. The number of aliphatic hydroxyl groups excluding tert-OH is 1. The molecule has 0 bridgehead atoms. The predicted octanol–water partition coefficient (Wildman–Crippen LogP) is 1.05. The van der Waals surface area contributed by atoms with E-state index in [9.17, 15) is 0 Å². The molecule has 1 aromatic rings. The lowest BCUT2D eigenvalue weighted by atomic mass is 10.2. The van der Waals surface area contributed by atoms with Crippen LogP contribution in [0.5, 0.6) is 0 Å². The Morgan fingerprint density at radius 1 is 1.80 bits per heavy atom. The molecule has 0 aliphatic heterocycles. The van der Waals surface area contributed by atoms with Gasteiger partial charge in [-0.05, 0) is 23.9 Å². The van der Waals surface area contributed by atoms with Crippen molar-refractivity contribution in [3.63, 3.8) is 0 Å². The van der Waals surface area contributed by atoms with E-state index in [-0.39, 0.29) is 12.6 Å². The Morgan fingerprint density at radius 2 is 2.50 bits per heavy atom. The largest absolute Gasteiger partial charge is 0.394 e.